The average Bonchev–Trinajstić information content (AvgIpc) is 3.18. The average molecular weight is 468 g/mol. The third-order valence-corrected chi connectivity index (χ3v) is 5.03. The van der Waals surface area contributed by atoms with Crippen molar-refractivity contribution in [3.8, 4) is 11.5 Å². The first-order valence-corrected chi connectivity index (χ1v) is 10.6. The third kappa shape index (κ3) is 6.68. The summed E-state index contributed by atoms with van der Waals surface area (Å²) in [5.74, 6) is -0.254. The number of halogens is 4. The fraction of sp³-hybridized carbons (Fsp3) is 0.273. The topological polar surface area (TPSA) is 60.5 Å². The lowest BCUT2D eigenvalue weighted by Gasteiger charge is -2.15. The molecule has 1 amide bonds. The Balaban J connectivity index is 1.63. The van der Waals surface area contributed by atoms with Gasteiger partial charge in [-0.05, 0) is 48.9 Å². The maximum absolute atomic E-state index is 13.1. The van der Waals surface area contributed by atoms with Crippen LogP contribution in [0, 0.1) is 5.82 Å². The fourth-order valence-electron chi connectivity index (χ4n) is 2.67. The van der Waals surface area contributed by atoms with E-state index >= 15 is 0 Å². The molecule has 0 aliphatic heterocycles. The van der Waals surface area contributed by atoms with Gasteiger partial charge in [-0.3, -0.25) is 4.79 Å². The molecule has 1 aromatic heterocycles. The first kappa shape index (κ1) is 23.5. The van der Waals surface area contributed by atoms with Crippen molar-refractivity contribution < 1.29 is 31.8 Å². The van der Waals surface area contributed by atoms with Crippen LogP contribution in [0.25, 0.3) is 0 Å². The summed E-state index contributed by atoms with van der Waals surface area (Å²) in [6.07, 6.45) is -4.01. The van der Waals surface area contributed by atoms with Gasteiger partial charge in [0.05, 0.1) is 30.0 Å². The molecule has 0 aliphatic carbocycles. The Hall–Kier alpha value is -3.14. The highest BCUT2D eigenvalue weighted by Gasteiger charge is 2.31. The van der Waals surface area contributed by atoms with E-state index in [0.717, 1.165) is 12.1 Å². The standard InChI is InChI=1S/C22H20F4N2O3S/c1-2-9-30-19-8-3-14(22(24,25)26)10-18(19)28-20(29)11-16-13-32-21(27-16)12-31-17-6-4-15(23)5-7-17/h3-8,10,13H,2,9,11-12H2,1H3,(H,28,29). The number of alkyl halides is 3. The summed E-state index contributed by atoms with van der Waals surface area (Å²) in [6.45, 7) is 2.31. The highest BCUT2D eigenvalue weighted by atomic mass is 32.1. The molecular formula is C22H20F4N2O3S. The minimum Gasteiger partial charge on any atom is -0.491 e. The van der Waals surface area contributed by atoms with Crippen molar-refractivity contribution in [1.29, 1.82) is 0 Å². The molecule has 1 N–H and O–H groups in total. The van der Waals surface area contributed by atoms with Crippen LogP contribution in [0.2, 0.25) is 0 Å². The lowest BCUT2D eigenvalue weighted by atomic mass is 10.1. The van der Waals surface area contributed by atoms with Gasteiger partial charge in [0.1, 0.15) is 28.9 Å². The molecular weight excluding hydrogens is 448 g/mol. The fourth-order valence-corrected chi connectivity index (χ4v) is 3.38. The summed E-state index contributed by atoms with van der Waals surface area (Å²) in [5.41, 5.74) is -0.480. The molecule has 32 heavy (non-hydrogen) atoms. The van der Waals surface area contributed by atoms with Crippen LogP contribution in [0.15, 0.2) is 47.8 Å². The van der Waals surface area contributed by atoms with Gasteiger partial charge in [-0.25, -0.2) is 9.37 Å². The quantitative estimate of drug-likeness (QED) is 0.400. The van der Waals surface area contributed by atoms with Crippen molar-refractivity contribution in [3.63, 3.8) is 0 Å². The smallest absolute Gasteiger partial charge is 0.416 e. The number of amides is 1. The second-order valence-corrected chi connectivity index (χ2v) is 7.70. The van der Waals surface area contributed by atoms with E-state index in [1.165, 1.54) is 41.7 Å². The van der Waals surface area contributed by atoms with Crippen LogP contribution < -0.4 is 14.8 Å². The zero-order valence-electron chi connectivity index (χ0n) is 17.0. The molecule has 10 heteroatoms. The molecule has 0 bridgehead atoms. The predicted molar refractivity (Wildman–Crippen MR) is 112 cm³/mol. The van der Waals surface area contributed by atoms with Gasteiger partial charge in [-0.2, -0.15) is 13.2 Å². The molecule has 3 rings (SSSR count). The third-order valence-electron chi connectivity index (χ3n) is 4.16. The molecule has 0 aliphatic rings. The summed E-state index contributed by atoms with van der Waals surface area (Å²) in [6, 6.07) is 8.50. The van der Waals surface area contributed by atoms with Gasteiger partial charge < -0.3 is 14.8 Å². The van der Waals surface area contributed by atoms with Crippen LogP contribution in [0.1, 0.15) is 29.6 Å². The summed E-state index contributed by atoms with van der Waals surface area (Å²) in [5, 5.41) is 4.76. The van der Waals surface area contributed by atoms with Crippen LogP contribution in [-0.4, -0.2) is 17.5 Å². The summed E-state index contributed by atoms with van der Waals surface area (Å²) >= 11 is 1.28. The maximum atomic E-state index is 13.1. The van der Waals surface area contributed by atoms with Crippen molar-refractivity contribution in [3.05, 3.63) is 69.9 Å². The molecule has 0 saturated carbocycles. The van der Waals surface area contributed by atoms with E-state index in [1.54, 1.807) is 5.38 Å². The number of benzene rings is 2. The molecule has 1 heterocycles. The van der Waals surface area contributed by atoms with E-state index in [2.05, 4.69) is 10.3 Å². The Morgan fingerprint density at radius 1 is 1.12 bits per heavy atom. The predicted octanol–water partition coefficient (Wildman–Crippen LogP) is 5.85. The second-order valence-electron chi connectivity index (χ2n) is 6.76. The molecule has 2 aromatic carbocycles. The van der Waals surface area contributed by atoms with Crippen molar-refractivity contribution >= 4 is 22.9 Å². The van der Waals surface area contributed by atoms with Crippen LogP contribution in [-0.2, 0) is 24.0 Å². The lowest BCUT2D eigenvalue weighted by Crippen LogP contribution is -2.16. The van der Waals surface area contributed by atoms with Gasteiger partial charge in [0.2, 0.25) is 5.91 Å². The number of ether oxygens (including phenoxy) is 2. The van der Waals surface area contributed by atoms with Gasteiger partial charge in [0.25, 0.3) is 0 Å². The van der Waals surface area contributed by atoms with E-state index in [4.69, 9.17) is 9.47 Å². The monoisotopic (exact) mass is 468 g/mol. The van der Waals surface area contributed by atoms with Crippen LogP contribution in [0.4, 0.5) is 23.2 Å². The summed E-state index contributed by atoms with van der Waals surface area (Å²) in [7, 11) is 0. The Kier molecular flexibility index (Phi) is 7.68. The zero-order valence-corrected chi connectivity index (χ0v) is 17.9. The molecule has 0 radical (unpaired) electrons. The molecule has 170 valence electrons. The van der Waals surface area contributed by atoms with Crippen LogP contribution in [0.5, 0.6) is 11.5 Å². The number of aromatic nitrogens is 1. The maximum Gasteiger partial charge on any atom is 0.416 e. The molecule has 0 saturated heterocycles. The number of carbonyl (C=O) groups excluding carboxylic acids is 1. The first-order valence-electron chi connectivity index (χ1n) is 9.70. The van der Waals surface area contributed by atoms with Gasteiger partial charge in [0.15, 0.2) is 0 Å². The van der Waals surface area contributed by atoms with Gasteiger partial charge >= 0.3 is 6.18 Å². The molecule has 5 nitrogen and oxygen atoms in total. The largest absolute Gasteiger partial charge is 0.491 e. The van der Waals surface area contributed by atoms with Crippen LogP contribution >= 0.6 is 11.3 Å². The number of nitrogens with one attached hydrogen (secondary N) is 1. The number of carbonyl (C=O) groups is 1. The number of hydrogen-bond donors (Lipinski definition) is 1. The van der Waals surface area contributed by atoms with Gasteiger partial charge in [-0.15, -0.1) is 11.3 Å². The van der Waals surface area contributed by atoms with Crippen molar-refractivity contribution in [2.45, 2.75) is 32.5 Å². The Morgan fingerprint density at radius 2 is 1.88 bits per heavy atom. The number of rotatable bonds is 9. The molecule has 0 atom stereocenters. The number of anilines is 1. The normalized spacial score (nSPS) is 11.3. The molecule has 0 unspecified atom stereocenters. The minimum atomic E-state index is -4.54. The minimum absolute atomic E-state index is 0.0478. The summed E-state index contributed by atoms with van der Waals surface area (Å²) in [4.78, 5) is 16.7. The Labute approximate surface area is 186 Å². The number of thiazole rings is 1. The molecule has 0 spiro atoms. The van der Waals surface area contributed by atoms with E-state index in [-0.39, 0.29) is 30.3 Å². The zero-order chi connectivity index (χ0) is 23.1. The second kappa shape index (κ2) is 10.4. The van der Waals surface area contributed by atoms with Gasteiger partial charge in [-0.1, -0.05) is 6.92 Å². The number of nitrogens with zero attached hydrogens (tertiary/aromatic N) is 1. The van der Waals surface area contributed by atoms with E-state index in [9.17, 15) is 22.4 Å². The molecule has 0 fully saturated rings. The van der Waals surface area contributed by atoms with Crippen molar-refractivity contribution in [2.24, 2.45) is 0 Å². The van der Waals surface area contributed by atoms with Crippen LogP contribution in [0.3, 0.4) is 0 Å². The van der Waals surface area contributed by atoms with E-state index < -0.39 is 17.6 Å². The van der Waals surface area contributed by atoms with Crippen molar-refractivity contribution in [1.82, 2.24) is 4.98 Å². The van der Waals surface area contributed by atoms with Gasteiger partial charge in [0, 0.05) is 5.38 Å². The number of hydrogen-bond acceptors (Lipinski definition) is 5. The lowest BCUT2D eigenvalue weighted by molar-refractivity contribution is -0.137. The van der Waals surface area contributed by atoms with E-state index in [1.807, 2.05) is 6.92 Å². The van der Waals surface area contributed by atoms with Crippen molar-refractivity contribution in [2.75, 3.05) is 11.9 Å². The highest BCUT2D eigenvalue weighted by Crippen LogP contribution is 2.35. The molecule has 3 aromatic rings. The summed E-state index contributed by atoms with van der Waals surface area (Å²) < 4.78 is 63.1. The highest BCUT2D eigenvalue weighted by molar-refractivity contribution is 7.09. The first-order chi connectivity index (χ1) is 15.2. The SMILES string of the molecule is CCCOc1ccc(C(F)(F)F)cc1NC(=O)Cc1csc(COc2ccc(F)cc2)n1. The Bertz CT molecular complexity index is 1050. The van der Waals surface area contributed by atoms with E-state index in [0.29, 0.717) is 29.5 Å². The Morgan fingerprint density at radius 3 is 2.56 bits per heavy atom.